The minimum atomic E-state index is -0.486. The molecule has 5 nitrogen and oxygen atoms in total. The van der Waals surface area contributed by atoms with Crippen molar-refractivity contribution in [3.63, 3.8) is 0 Å². The number of pyridine rings is 1. The highest BCUT2D eigenvalue weighted by Gasteiger charge is 2.37. The fraction of sp³-hybridized carbons (Fsp3) is 0.524. The van der Waals surface area contributed by atoms with Crippen molar-refractivity contribution in [3.05, 3.63) is 42.1 Å². The first-order chi connectivity index (χ1) is 12.6. The molecular weight excluding hydrogens is 328 g/mol. The first-order valence-electron chi connectivity index (χ1n) is 9.59. The fourth-order valence-electron chi connectivity index (χ4n) is 4.43. The molecule has 2 heterocycles. The Morgan fingerprint density at radius 3 is 2.65 bits per heavy atom. The molecular formula is C21H26N2O3. The quantitative estimate of drug-likeness (QED) is 0.886. The molecule has 1 aromatic carbocycles. The number of aliphatic hydroxyl groups excluding tert-OH is 2. The maximum absolute atomic E-state index is 12.8. The molecule has 1 aliphatic carbocycles. The highest BCUT2D eigenvalue weighted by molar-refractivity contribution is 5.82. The number of para-hydroxylation sites is 1. The summed E-state index contributed by atoms with van der Waals surface area (Å²) in [4.78, 5) is 19.0. The van der Waals surface area contributed by atoms with Gasteiger partial charge >= 0.3 is 0 Å². The van der Waals surface area contributed by atoms with Gasteiger partial charge in [-0.25, -0.2) is 0 Å². The maximum Gasteiger partial charge on any atom is 0.225 e. The second kappa shape index (κ2) is 7.33. The van der Waals surface area contributed by atoms with E-state index in [1.165, 1.54) is 5.56 Å². The van der Waals surface area contributed by atoms with Gasteiger partial charge in [0.05, 0.1) is 17.7 Å². The van der Waals surface area contributed by atoms with Crippen LogP contribution in [0, 0.1) is 11.8 Å². The summed E-state index contributed by atoms with van der Waals surface area (Å²) in [5.74, 6) is 0.211. The Kier molecular flexibility index (Phi) is 4.92. The lowest BCUT2D eigenvalue weighted by atomic mass is 9.86. The van der Waals surface area contributed by atoms with Gasteiger partial charge in [0.25, 0.3) is 0 Å². The topological polar surface area (TPSA) is 73.7 Å². The molecule has 1 aromatic heterocycles. The lowest BCUT2D eigenvalue weighted by Gasteiger charge is -2.28. The predicted molar refractivity (Wildman–Crippen MR) is 99.5 cm³/mol. The van der Waals surface area contributed by atoms with Crippen molar-refractivity contribution < 1.29 is 15.0 Å². The summed E-state index contributed by atoms with van der Waals surface area (Å²) >= 11 is 0. The van der Waals surface area contributed by atoms with E-state index in [-0.39, 0.29) is 23.8 Å². The summed E-state index contributed by atoms with van der Waals surface area (Å²) in [6.07, 6.45) is 4.75. The summed E-state index contributed by atoms with van der Waals surface area (Å²) in [6.45, 7) is 1.03. The summed E-state index contributed by atoms with van der Waals surface area (Å²) in [7, 11) is 0. The van der Waals surface area contributed by atoms with Gasteiger partial charge in [-0.3, -0.25) is 9.78 Å². The Hall–Kier alpha value is -1.98. The van der Waals surface area contributed by atoms with E-state index >= 15 is 0 Å². The maximum atomic E-state index is 12.8. The zero-order valence-electron chi connectivity index (χ0n) is 14.9. The molecule has 0 radical (unpaired) electrons. The number of β-amino-alcohol motifs (C(OH)–C–C–N with tert-alkyl or cyclic N) is 1. The van der Waals surface area contributed by atoms with Crippen LogP contribution in [-0.4, -0.2) is 51.3 Å². The zero-order chi connectivity index (χ0) is 18.1. The third-order valence-corrected chi connectivity index (χ3v) is 5.99. The summed E-state index contributed by atoms with van der Waals surface area (Å²) in [5.41, 5.74) is 2.14. The Balaban J connectivity index is 1.44. The van der Waals surface area contributed by atoms with Crippen LogP contribution in [-0.2, 0) is 11.2 Å². The average Bonchev–Trinajstić information content (AvgIpc) is 3.03. The first kappa shape index (κ1) is 17.4. The third-order valence-electron chi connectivity index (χ3n) is 5.99. The number of nitrogens with zero attached hydrogens (tertiary/aromatic N) is 2. The number of aromatic nitrogens is 1. The number of rotatable bonds is 3. The lowest BCUT2D eigenvalue weighted by Crippen LogP contribution is -2.37. The molecule has 1 aliphatic heterocycles. The number of benzene rings is 1. The number of hydrogen-bond donors (Lipinski definition) is 2. The summed E-state index contributed by atoms with van der Waals surface area (Å²) < 4.78 is 0. The highest BCUT2D eigenvalue weighted by Crippen LogP contribution is 2.30. The minimum Gasteiger partial charge on any atom is -0.393 e. The smallest absolute Gasteiger partial charge is 0.225 e. The van der Waals surface area contributed by atoms with E-state index < -0.39 is 6.10 Å². The largest absolute Gasteiger partial charge is 0.393 e. The van der Waals surface area contributed by atoms with Crippen molar-refractivity contribution in [1.29, 1.82) is 0 Å². The van der Waals surface area contributed by atoms with Gasteiger partial charge in [0.1, 0.15) is 0 Å². The van der Waals surface area contributed by atoms with Crippen LogP contribution >= 0.6 is 0 Å². The fourth-order valence-corrected chi connectivity index (χ4v) is 4.43. The van der Waals surface area contributed by atoms with Gasteiger partial charge in [-0.2, -0.15) is 0 Å². The summed E-state index contributed by atoms with van der Waals surface area (Å²) in [5, 5.41) is 21.3. The van der Waals surface area contributed by atoms with Crippen LogP contribution in [0.15, 0.2) is 36.5 Å². The van der Waals surface area contributed by atoms with E-state index in [9.17, 15) is 15.0 Å². The van der Waals surface area contributed by atoms with Crippen LogP contribution in [0.3, 0.4) is 0 Å². The molecule has 4 rings (SSSR count). The van der Waals surface area contributed by atoms with Gasteiger partial charge in [0, 0.05) is 36.5 Å². The Morgan fingerprint density at radius 2 is 1.85 bits per heavy atom. The second-order valence-electron chi connectivity index (χ2n) is 7.77. The Bertz CT molecular complexity index is 780. The SMILES string of the molecule is O=C(C1CCC(O)CC1)N1C[C@@H](Cc2ccnc3ccccc23)[C@@H](O)C1. The van der Waals surface area contributed by atoms with Gasteiger partial charge in [0.2, 0.25) is 5.91 Å². The number of likely N-dealkylation sites (tertiary alicyclic amines) is 1. The van der Waals surface area contributed by atoms with Crippen LogP contribution in [0.4, 0.5) is 0 Å². The van der Waals surface area contributed by atoms with Crippen LogP contribution < -0.4 is 0 Å². The highest BCUT2D eigenvalue weighted by atomic mass is 16.3. The molecule has 26 heavy (non-hydrogen) atoms. The number of carbonyl (C=O) groups is 1. The Morgan fingerprint density at radius 1 is 1.08 bits per heavy atom. The number of amides is 1. The van der Waals surface area contributed by atoms with E-state index in [1.807, 2.05) is 35.4 Å². The standard InChI is InChI=1S/C21H26N2O3/c24-17-7-5-14(6-8-17)21(26)23-12-16(20(25)13-23)11-15-9-10-22-19-4-2-1-3-18(15)19/h1-4,9-10,14,16-17,20,24-25H,5-8,11-13H2/t14?,16-,17?,20+/m1/s1. The van der Waals surface area contributed by atoms with Gasteiger partial charge in [-0.1, -0.05) is 18.2 Å². The van der Waals surface area contributed by atoms with Crippen LogP contribution in [0.25, 0.3) is 10.9 Å². The van der Waals surface area contributed by atoms with Crippen molar-refractivity contribution in [1.82, 2.24) is 9.88 Å². The van der Waals surface area contributed by atoms with Gasteiger partial charge < -0.3 is 15.1 Å². The predicted octanol–water partition coefficient (Wildman–Crippen LogP) is 2.15. The molecule has 2 N–H and O–H groups in total. The number of fused-ring (bicyclic) bond motifs is 1. The molecule has 0 spiro atoms. The third kappa shape index (κ3) is 3.46. The molecule has 2 fully saturated rings. The molecule has 5 heteroatoms. The molecule has 138 valence electrons. The van der Waals surface area contributed by atoms with Gasteiger partial charge in [0.15, 0.2) is 0 Å². The van der Waals surface area contributed by atoms with E-state index in [2.05, 4.69) is 11.1 Å². The normalized spacial score (nSPS) is 29.2. The van der Waals surface area contributed by atoms with E-state index in [1.54, 1.807) is 0 Å². The van der Waals surface area contributed by atoms with Crippen molar-refractivity contribution in [2.75, 3.05) is 13.1 Å². The number of aliphatic hydroxyl groups is 2. The summed E-state index contributed by atoms with van der Waals surface area (Å²) in [6, 6.07) is 10.1. The number of hydrogen-bond acceptors (Lipinski definition) is 4. The second-order valence-corrected chi connectivity index (χ2v) is 7.77. The lowest BCUT2D eigenvalue weighted by molar-refractivity contribution is -0.136. The molecule has 2 atom stereocenters. The minimum absolute atomic E-state index is 0.00565. The van der Waals surface area contributed by atoms with E-state index in [4.69, 9.17) is 0 Å². The van der Waals surface area contributed by atoms with Crippen LogP contribution in [0.1, 0.15) is 31.2 Å². The van der Waals surface area contributed by atoms with Crippen LogP contribution in [0.2, 0.25) is 0 Å². The van der Waals surface area contributed by atoms with Crippen molar-refractivity contribution in [2.24, 2.45) is 11.8 Å². The average molecular weight is 354 g/mol. The molecule has 1 saturated heterocycles. The molecule has 1 saturated carbocycles. The van der Waals surface area contributed by atoms with Gasteiger partial charge in [-0.15, -0.1) is 0 Å². The molecule has 2 aromatic rings. The molecule has 2 aliphatic rings. The Labute approximate surface area is 153 Å². The van der Waals surface area contributed by atoms with Crippen molar-refractivity contribution in [3.8, 4) is 0 Å². The van der Waals surface area contributed by atoms with Crippen molar-refractivity contribution >= 4 is 16.8 Å². The monoisotopic (exact) mass is 354 g/mol. The van der Waals surface area contributed by atoms with E-state index in [0.29, 0.717) is 25.9 Å². The number of carbonyl (C=O) groups excluding carboxylic acids is 1. The van der Waals surface area contributed by atoms with Gasteiger partial charge in [-0.05, 0) is 49.8 Å². The van der Waals surface area contributed by atoms with E-state index in [0.717, 1.165) is 30.2 Å². The molecule has 1 amide bonds. The first-order valence-corrected chi connectivity index (χ1v) is 9.59. The van der Waals surface area contributed by atoms with Crippen LogP contribution in [0.5, 0.6) is 0 Å². The molecule has 0 unspecified atom stereocenters. The molecule has 0 bridgehead atoms. The zero-order valence-corrected chi connectivity index (χ0v) is 14.9. The van der Waals surface area contributed by atoms with Crippen molar-refractivity contribution in [2.45, 2.75) is 44.3 Å².